The minimum absolute atomic E-state index is 0.0300. The van der Waals surface area contributed by atoms with E-state index in [1.54, 1.807) is 0 Å². The maximum Gasteiger partial charge on any atom is 0.119 e. The van der Waals surface area contributed by atoms with Gasteiger partial charge < -0.3 is 14.9 Å². The normalized spacial score (nSPS) is 29.5. The summed E-state index contributed by atoms with van der Waals surface area (Å²) < 4.78 is 5.47. The Morgan fingerprint density at radius 1 is 1.36 bits per heavy atom. The average molecular weight is 305 g/mol. The molecule has 122 valence electrons. The molecule has 0 unspecified atom stereocenters. The topological polar surface area (TPSA) is 52.9 Å². The Bertz CT molecular complexity index is 503. The number of rotatable bonds is 6. The number of hydrogen-bond acceptors (Lipinski definition) is 4. The van der Waals surface area contributed by atoms with Gasteiger partial charge in [0.05, 0.1) is 12.2 Å². The molecule has 3 rings (SSSR count). The highest BCUT2D eigenvalue weighted by molar-refractivity contribution is 5.28. The van der Waals surface area contributed by atoms with Crippen molar-refractivity contribution in [1.29, 1.82) is 0 Å². The number of hydrogen-bond donors (Lipinski definition) is 2. The second-order valence-electron chi connectivity index (χ2n) is 6.91. The van der Waals surface area contributed by atoms with Gasteiger partial charge in [-0.3, -0.25) is 4.90 Å². The average Bonchev–Trinajstić information content (AvgIpc) is 2.70. The van der Waals surface area contributed by atoms with E-state index in [9.17, 15) is 5.11 Å². The molecule has 4 nitrogen and oxygen atoms in total. The van der Waals surface area contributed by atoms with E-state index in [0.29, 0.717) is 18.4 Å². The van der Waals surface area contributed by atoms with E-state index < -0.39 is 5.60 Å². The standard InChI is InChI=1S/C18H27NO3/c1-14-11-19(13-18(14,21)16-5-3-6-16)12-15-4-2-7-17(10-15)22-9-8-20/h2,4,7,10,14,16,20-21H,3,5-6,8-9,11-13H2,1H3/t14-,18+/m1/s1. The highest BCUT2D eigenvalue weighted by atomic mass is 16.5. The number of β-amino-alcohol motifs (C(OH)–C–C–N with tert-alkyl or cyclic N) is 1. The summed E-state index contributed by atoms with van der Waals surface area (Å²) >= 11 is 0. The van der Waals surface area contributed by atoms with Crippen molar-refractivity contribution in [3.63, 3.8) is 0 Å². The molecule has 2 atom stereocenters. The van der Waals surface area contributed by atoms with Gasteiger partial charge in [-0.1, -0.05) is 25.5 Å². The molecule has 22 heavy (non-hydrogen) atoms. The van der Waals surface area contributed by atoms with Crippen LogP contribution in [0.25, 0.3) is 0 Å². The van der Waals surface area contributed by atoms with Gasteiger partial charge in [0.2, 0.25) is 0 Å². The van der Waals surface area contributed by atoms with Crippen molar-refractivity contribution in [2.45, 2.75) is 38.3 Å². The lowest BCUT2D eigenvalue weighted by Gasteiger charge is -2.41. The van der Waals surface area contributed by atoms with Gasteiger partial charge >= 0.3 is 0 Å². The van der Waals surface area contributed by atoms with Gasteiger partial charge in [-0.2, -0.15) is 0 Å². The lowest BCUT2D eigenvalue weighted by Crippen LogP contribution is -2.47. The second-order valence-corrected chi connectivity index (χ2v) is 6.91. The van der Waals surface area contributed by atoms with Gasteiger partial charge in [0.1, 0.15) is 12.4 Å². The van der Waals surface area contributed by atoms with Gasteiger partial charge in [0, 0.05) is 19.6 Å². The first-order valence-electron chi connectivity index (χ1n) is 8.39. The Labute approximate surface area is 132 Å². The number of aliphatic hydroxyl groups excluding tert-OH is 1. The van der Waals surface area contributed by atoms with Crippen molar-refractivity contribution in [3.8, 4) is 5.75 Å². The Morgan fingerprint density at radius 3 is 2.86 bits per heavy atom. The largest absolute Gasteiger partial charge is 0.491 e. The summed E-state index contributed by atoms with van der Waals surface area (Å²) in [7, 11) is 0. The lowest BCUT2D eigenvalue weighted by atomic mass is 9.69. The molecule has 0 bridgehead atoms. The summed E-state index contributed by atoms with van der Waals surface area (Å²) in [4.78, 5) is 2.36. The molecule has 1 aliphatic heterocycles. The first kappa shape index (κ1) is 15.8. The van der Waals surface area contributed by atoms with Crippen molar-refractivity contribution < 1.29 is 14.9 Å². The van der Waals surface area contributed by atoms with Crippen LogP contribution in [-0.2, 0) is 6.54 Å². The van der Waals surface area contributed by atoms with Crippen molar-refractivity contribution in [3.05, 3.63) is 29.8 Å². The van der Waals surface area contributed by atoms with E-state index in [-0.39, 0.29) is 6.61 Å². The van der Waals surface area contributed by atoms with E-state index in [0.717, 1.165) is 25.4 Å². The minimum atomic E-state index is -0.497. The predicted molar refractivity (Wildman–Crippen MR) is 85.8 cm³/mol. The molecule has 1 aromatic rings. The Morgan fingerprint density at radius 2 is 2.18 bits per heavy atom. The van der Waals surface area contributed by atoms with Crippen LogP contribution in [0.2, 0.25) is 0 Å². The fourth-order valence-electron chi connectivity index (χ4n) is 3.84. The van der Waals surface area contributed by atoms with E-state index in [2.05, 4.69) is 17.9 Å². The number of likely N-dealkylation sites (tertiary alicyclic amines) is 1. The van der Waals surface area contributed by atoms with E-state index in [1.807, 2.05) is 18.2 Å². The van der Waals surface area contributed by atoms with Crippen LogP contribution in [0.1, 0.15) is 31.7 Å². The number of nitrogens with zero attached hydrogens (tertiary/aromatic N) is 1. The first-order chi connectivity index (χ1) is 10.6. The lowest BCUT2D eigenvalue weighted by molar-refractivity contribution is -0.0672. The predicted octanol–water partition coefficient (Wildman–Crippen LogP) is 2.04. The molecule has 1 saturated carbocycles. The molecule has 0 radical (unpaired) electrons. The molecule has 0 aromatic heterocycles. The fourth-order valence-corrected chi connectivity index (χ4v) is 3.84. The third-order valence-corrected chi connectivity index (χ3v) is 5.34. The summed E-state index contributed by atoms with van der Waals surface area (Å²) in [6.45, 7) is 5.11. The maximum atomic E-state index is 11.0. The molecule has 0 spiro atoms. The molecule has 1 aromatic carbocycles. The summed E-state index contributed by atoms with van der Waals surface area (Å²) in [6, 6.07) is 8.02. The van der Waals surface area contributed by atoms with Crippen molar-refractivity contribution >= 4 is 0 Å². The second kappa shape index (κ2) is 6.57. The molecular weight excluding hydrogens is 278 g/mol. The summed E-state index contributed by atoms with van der Waals surface area (Å²) in [5.41, 5.74) is 0.698. The van der Waals surface area contributed by atoms with Crippen LogP contribution in [-0.4, -0.2) is 47.0 Å². The van der Waals surface area contributed by atoms with Crippen LogP contribution < -0.4 is 4.74 Å². The Kier molecular flexibility index (Phi) is 4.71. The minimum Gasteiger partial charge on any atom is -0.491 e. The summed E-state index contributed by atoms with van der Waals surface area (Å²) in [5, 5.41) is 19.8. The van der Waals surface area contributed by atoms with Gasteiger partial charge in [-0.05, 0) is 42.4 Å². The third-order valence-electron chi connectivity index (χ3n) is 5.34. The van der Waals surface area contributed by atoms with E-state index >= 15 is 0 Å². The maximum absolute atomic E-state index is 11.0. The molecule has 1 heterocycles. The monoisotopic (exact) mass is 305 g/mol. The molecule has 4 heteroatoms. The smallest absolute Gasteiger partial charge is 0.119 e. The van der Waals surface area contributed by atoms with Crippen molar-refractivity contribution in [1.82, 2.24) is 4.90 Å². The van der Waals surface area contributed by atoms with Crippen LogP contribution in [0, 0.1) is 11.8 Å². The zero-order valence-corrected chi connectivity index (χ0v) is 13.4. The highest BCUT2D eigenvalue weighted by Crippen LogP contribution is 2.44. The van der Waals surface area contributed by atoms with E-state index in [4.69, 9.17) is 9.84 Å². The van der Waals surface area contributed by atoms with Crippen molar-refractivity contribution in [2.24, 2.45) is 11.8 Å². The molecule has 0 amide bonds. The Balaban J connectivity index is 1.62. The van der Waals surface area contributed by atoms with Crippen LogP contribution in [0.15, 0.2) is 24.3 Å². The van der Waals surface area contributed by atoms with Crippen LogP contribution in [0.5, 0.6) is 5.75 Å². The molecular formula is C18H27NO3. The van der Waals surface area contributed by atoms with Crippen molar-refractivity contribution in [2.75, 3.05) is 26.3 Å². The number of ether oxygens (including phenoxy) is 1. The quantitative estimate of drug-likeness (QED) is 0.844. The zero-order valence-electron chi connectivity index (χ0n) is 13.4. The molecule has 2 aliphatic rings. The summed E-state index contributed by atoms with van der Waals surface area (Å²) in [6.07, 6.45) is 3.63. The van der Waals surface area contributed by atoms with Gasteiger partial charge in [-0.15, -0.1) is 0 Å². The van der Waals surface area contributed by atoms with Crippen LogP contribution >= 0.6 is 0 Å². The van der Waals surface area contributed by atoms with Gasteiger partial charge in [0.15, 0.2) is 0 Å². The SMILES string of the molecule is C[C@@H]1CN(Cc2cccc(OCCO)c2)C[C@@]1(O)C1CCC1. The number of aliphatic hydroxyl groups is 2. The van der Waals surface area contributed by atoms with Gasteiger partial charge in [0.25, 0.3) is 0 Å². The Hall–Kier alpha value is -1.10. The molecule has 1 aliphatic carbocycles. The highest BCUT2D eigenvalue weighted by Gasteiger charge is 2.49. The zero-order chi connectivity index (χ0) is 15.6. The van der Waals surface area contributed by atoms with Crippen LogP contribution in [0.3, 0.4) is 0 Å². The molecule has 2 fully saturated rings. The first-order valence-corrected chi connectivity index (χ1v) is 8.39. The third kappa shape index (κ3) is 3.14. The molecule has 1 saturated heterocycles. The van der Waals surface area contributed by atoms with Crippen LogP contribution in [0.4, 0.5) is 0 Å². The number of benzene rings is 1. The van der Waals surface area contributed by atoms with Gasteiger partial charge in [-0.25, -0.2) is 0 Å². The molecule has 2 N–H and O–H groups in total. The summed E-state index contributed by atoms with van der Waals surface area (Å²) in [5.74, 6) is 1.63. The fraction of sp³-hybridized carbons (Fsp3) is 0.667. The van der Waals surface area contributed by atoms with E-state index in [1.165, 1.54) is 24.8 Å².